The number of hydrogen-bond acceptors (Lipinski definition) is 4. The van der Waals surface area contributed by atoms with Gasteiger partial charge in [0.25, 0.3) is 5.91 Å². The normalized spacial score (nSPS) is 12.1. The molecule has 1 atom stereocenters. The van der Waals surface area contributed by atoms with Crippen LogP contribution in [0.25, 0.3) is 10.1 Å². The summed E-state index contributed by atoms with van der Waals surface area (Å²) in [5.74, 6) is -0.719. The van der Waals surface area contributed by atoms with Crippen molar-refractivity contribution in [1.82, 2.24) is 5.32 Å². The van der Waals surface area contributed by atoms with E-state index in [1.807, 2.05) is 19.1 Å². The molecule has 2 aromatic rings. The van der Waals surface area contributed by atoms with E-state index in [9.17, 15) is 9.59 Å². The second-order valence-corrected chi connectivity index (χ2v) is 5.62. The molecular formula is C15H17NO3S. The van der Waals surface area contributed by atoms with Crippen molar-refractivity contribution in [2.45, 2.75) is 26.3 Å². The summed E-state index contributed by atoms with van der Waals surface area (Å²) in [4.78, 5) is 22.2. The average Bonchev–Trinajstić information content (AvgIpc) is 2.80. The smallest absolute Gasteiger partial charge is 0.303 e. The Morgan fingerprint density at radius 2 is 2.10 bits per heavy atom. The fourth-order valence-electron chi connectivity index (χ4n) is 2.06. The molecule has 106 valence electrons. The minimum atomic E-state index is -0.448. The number of nitrogens with one attached hydrogen (secondary N) is 1. The molecule has 1 unspecified atom stereocenters. The zero-order valence-electron chi connectivity index (χ0n) is 11.5. The van der Waals surface area contributed by atoms with Crippen molar-refractivity contribution in [3.63, 3.8) is 0 Å². The molecule has 0 aliphatic heterocycles. The van der Waals surface area contributed by atoms with Gasteiger partial charge < -0.3 is 10.1 Å². The first-order valence-electron chi connectivity index (χ1n) is 6.44. The van der Waals surface area contributed by atoms with E-state index >= 15 is 0 Å². The average molecular weight is 291 g/mol. The highest BCUT2D eigenvalue weighted by Gasteiger charge is 2.11. The number of amides is 1. The van der Waals surface area contributed by atoms with Crippen molar-refractivity contribution in [3.05, 3.63) is 35.2 Å². The van der Waals surface area contributed by atoms with Crippen molar-refractivity contribution in [2.24, 2.45) is 0 Å². The Bertz CT molecular complexity index is 620. The monoisotopic (exact) mass is 291 g/mol. The lowest BCUT2D eigenvalue weighted by Gasteiger charge is -2.13. The van der Waals surface area contributed by atoms with Crippen LogP contribution in [0, 0.1) is 0 Å². The van der Waals surface area contributed by atoms with Gasteiger partial charge in [-0.15, -0.1) is 11.3 Å². The number of carbonyl (C=O) groups is 2. The van der Waals surface area contributed by atoms with E-state index < -0.39 is 5.97 Å². The molecule has 1 aromatic heterocycles. The highest BCUT2D eigenvalue weighted by atomic mass is 32.1. The van der Waals surface area contributed by atoms with Crippen molar-refractivity contribution >= 4 is 33.3 Å². The van der Waals surface area contributed by atoms with Crippen LogP contribution in [0.1, 0.15) is 19.4 Å². The maximum Gasteiger partial charge on any atom is 0.303 e. The lowest BCUT2D eigenvalue weighted by Crippen LogP contribution is -2.36. The number of esters is 1. The van der Waals surface area contributed by atoms with Gasteiger partial charge in [0.2, 0.25) is 0 Å². The maximum absolute atomic E-state index is 11.6. The summed E-state index contributed by atoms with van der Waals surface area (Å²) in [5.41, 5.74) is 1.23. The third-order valence-corrected chi connectivity index (χ3v) is 3.91. The minimum Gasteiger partial charge on any atom is -0.456 e. The molecule has 0 fully saturated rings. The van der Waals surface area contributed by atoms with Crippen LogP contribution in [0.5, 0.6) is 0 Å². The summed E-state index contributed by atoms with van der Waals surface area (Å²) < 4.78 is 5.91. The van der Waals surface area contributed by atoms with Gasteiger partial charge in [-0.3, -0.25) is 9.59 Å². The third kappa shape index (κ3) is 3.81. The Morgan fingerprint density at radius 3 is 2.85 bits per heavy atom. The molecule has 1 amide bonds. The molecule has 0 aliphatic carbocycles. The molecule has 0 bridgehead atoms. The van der Waals surface area contributed by atoms with Crippen LogP contribution in [-0.4, -0.2) is 24.5 Å². The highest BCUT2D eigenvalue weighted by Crippen LogP contribution is 2.26. The molecule has 1 N–H and O–H groups in total. The molecule has 0 spiro atoms. The van der Waals surface area contributed by atoms with E-state index in [0.29, 0.717) is 0 Å². The predicted octanol–water partition coefficient (Wildman–Crippen LogP) is 2.51. The second kappa shape index (κ2) is 6.52. The first-order valence-corrected chi connectivity index (χ1v) is 7.32. The second-order valence-electron chi connectivity index (χ2n) is 4.71. The van der Waals surface area contributed by atoms with Gasteiger partial charge >= 0.3 is 5.97 Å². The lowest BCUT2D eigenvalue weighted by atomic mass is 10.1. The molecule has 0 radical (unpaired) electrons. The molecule has 4 nitrogen and oxygen atoms in total. The largest absolute Gasteiger partial charge is 0.456 e. The zero-order valence-corrected chi connectivity index (χ0v) is 12.3. The molecular weight excluding hydrogens is 274 g/mol. The van der Waals surface area contributed by atoms with E-state index in [1.165, 1.54) is 22.6 Å². The van der Waals surface area contributed by atoms with Crippen LogP contribution in [0.2, 0.25) is 0 Å². The summed E-state index contributed by atoms with van der Waals surface area (Å²) in [6, 6.07) is 8.22. The van der Waals surface area contributed by atoms with Crippen molar-refractivity contribution in [2.75, 3.05) is 6.61 Å². The van der Waals surface area contributed by atoms with E-state index in [0.717, 1.165) is 6.42 Å². The molecule has 1 heterocycles. The fraction of sp³-hybridized carbons (Fsp3) is 0.333. The van der Waals surface area contributed by atoms with Gasteiger partial charge in [0.15, 0.2) is 6.61 Å². The van der Waals surface area contributed by atoms with Gasteiger partial charge in [-0.1, -0.05) is 18.2 Å². The van der Waals surface area contributed by atoms with Crippen molar-refractivity contribution < 1.29 is 14.3 Å². The summed E-state index contributed by atoms with van der Waals surface area (Å²) >= 11 is 1.71. The number of thiophene rings is 1. The Labute approximate surface area is 121 Å². The Hall–Kier alpha value is -1.88. The van der Waals surface area contributed by atoms with E-state index in [2.05, 4.69) is 27.6 Å². The molecule has 2 rings (SSSR count). The molecule has 0 aliphatic rings. The van der Waals surface area contributed by atoms with Crippen LogP contribution >= 0.6 is 11.3 Å². The van der Waals surface area contributed by atoms with Gasteiger partial charge in [0.05, 0.1) is 0 Å². The van der Waals surface area contributed by atoms with Crippen molar-refractivity contribution in [1.29, 1.82) is 0 Å². The van der Waals surface area contributed by atoms with Gasteiger partial charge in [0, 0.05) is 17.7 Å². The van der Waals surface area contributed by atoms with Crippen LogP contribution in [0.15, 0.2) is 29.6 Å². The van der Waals surface area contributed by atoms with Crippen LogP contribution < -0.4 is 5.32 Å². The van der Waals surface area contributed by atoms with Gasteiger partial charge in [-0.05, 0) is 35.7 Å². The number of fused-ring (bicyclic) bond motifs is 1. The maximum atomic E-state index is 11.6. The summed E-state index contributed by atoms with van der Waals surface area (Å²) in [7, 11) is 0. The SMILES string of the molecule is CC(=O)OCC(=O)NC(C)Cc1csc2ccccc12. The van der Waals surface area contributed by atoms with Gasteiger partial charge in [-0.25, -0.2) is 0 Å². The summed E-state index contributed by atoms with van der Waals surface area (Å²) in [6.07, 6.45) is 0.760. The minimum absolute atomic E-state index is 0.00364. The predicted molar refractivity (Wildman–Crippen MR) is 79.8 cm³/mol. The van der Waals surface area contributed by atoms with Crippen LogP contribution in [0.3, 0.4) is 0 Å². The molecule has 20 heavy (non-hydrogen) atoms. The topological polar surface area (TPSA) is 55.4 Å². The first-order chi connectivity index (χ1) is 9.56. The first kappa shape index (κ1) is 14.5. The zero-order chi connectivity index (χ0) is 14.5. The quantitative estimate of drug-likeness (QED) is 0.861. The van der Waals surface area contributed by atoms with Crippen LogP contribution in [-0.2, 0) is 20.7 Å². The van der Waals surface area contributed by atoms with Crippen molar-refractivity contribution in [3.8, 4) is 0 Å². The third-order valence-electron chi connectivity index (χ3n) is 2.90. The van der Waals surface area contributed by atoms with E-state index in [-0.39, 0.29) is 18.6 Å². The number of rotatable bonds is 5. The molecule has 1 aromatic carbocycles. The molecule has 5 heteroatoms. The van der Waals surface area contributed by atoms with E-state index in [4.69, 9.17) is 0 Å². The Kier molecular flexibility index (Phi) is 4.74. The number of ether oxygens (including phenoxy) is 1. The van der Waals surface area contributed by atoms with Crippen LogP contribution in [0.4, 0.5) is 0 Å². The summed E-state index contributed by atoms with van der Waals surface area (Å²) in [6.45, 7) is 3.01. The Balaban J connectivity index is 1.92. The number of benzene rings is 1. The fourth-order valence-corrected chi connectivity index (χ4v) is 3.03. The number of hydrogen-bond donors (Lipinski definition) is 1. The Morgan fingerprint density at radius 1 is 1.35 bits per heavy atom. The van der Waals surface area contributed by atoms with Gasteiger partial charge in [-0.2, -0.15) is 0 Å². The lowest BCUT2D eigenvalue weighted by molar-refractivity contribution is -0.146. The highest BCUT2D eigenvalue weighted by molar-refractivity contribution is 7.17. The summed E-state index contributed by atoms with van der Waals surface area (Å²) in [5, 5.41) is 6.19. The molecule has 0 saturated carbocycles. The molecule has 0 saturated heterocycles. The number of carbonyl (C=O) groups excluding carboxylic acids is 2. The standard InChI is InChI=1S/C15H17NO3S/c1-10(16-15(18)8-19-11(2)17)7-12-9-20-14-6-4-3-5-13(12)14/h3-6,9-10H,7-8H2,1-2H3,(H,16,18). The van der Waals surface area contributed by atoms with Gasteiger partial charge in [0.1, 0.15) is 0 Å². The van der Waals surface area contributed by atoms with E-state index in [1.54, 1.807) is 11.3 Å².